The van der Waals surface area contributed by atoms with Crippen LogP contribution in [-0.4, -0.2) is 40.3 Å². The van der Waals surface area contributed by atoms with Crippen LogP contribution in [0.3, 0.4) is 0 Å². The number of aryl methyl sites for hydroxylation is 1. The van der Waals surface area contributed by atoms with Gasteiger partial charge >= 0.3 is 0 Å². The molecule has 1 amide bonds. The number of H-pyrrole nitrogens is 1. The smallest absolute Gasteiger partial charge is 0.267 e. The summed E-state index contributed by atoms with van der Waals surface area (Å²) >= 11 is 0. The number of nitrogens with zero attached hydrogens (tertiary/aromatic N) is 6. The van der Waals surface area contributed by atoms with Gasteiger partial charge in [0.2, 0.25) is 0 Å². The number of fused-ring (bicyclic) bond motifs is 2. The summed E-state index contributed by atoms with van der Waals surface area (Å²) in [6, 6.07) is 17.4. The van der Waals surface area contributed by atoms with Gasteiger partial charge in [-0.15, -0.1) is 0 Å². The maximum Gasteiger partial charge on any atom is 0.267 e. The molecule has 0 fully saturated rings. The first-order valence-electron chi connectivity index (χ1n) is 12.2. The highest BCUT2D eigenvalue weighted by atomic mass is 16.2. The monoisotopic (exact) mass is 514 g/mol. The average molecular weight is 515 g/mol. The molecule has 0 aliphatic heterocycles. The van der Waals surface area contributed by atoms with E-state index >= 15 is 0 Å². The fraction of sp³-hybridized carbons (Fsp3) is 0.103. The molecule has 10 nitrogen and oxygen atoms in total. The molecular formula is C29H22N8O2. The van der Waals surface area contributed by atoms with Crippen LogP contribution in [0.15, 0.2) is 84.0 Å². The molecule has 0 aliphatic carbocycles. The molecule has 0 spiro atoms. The number of aromatic amines is 1. The lowest BCUT2D eigenvalue weighted by molar-refractivity contribution is 0.0938. The minimum absolute atomic E-state index is 0.286. The summed E-state index contributed by atoms with van der Waals surface area (Å²) in [4.78, 5) is 36.7. The summed E-state index contributed by atoms with van der Waals surface area (Å²) in [7, 11) is 0. The van der Waals surface area contributed by atoms with Crippen molar-refractivity contribution < 1.29 is 4.79 Å². The van der Waals surface area contributed by atoms with Crippen LogP contribution < -0.4 is 10.9 Å². The number of carbonyl (C=O) groups is 1. The molecule has 4 aromatic heterocycles. The Kier molecular flexibility index (Phi) is 5.93. The van der Waals surface area contributed by atoms with Crippen LogP contribution in [0.2, 0.25) is 0 Å². The first kappa shape index (κ1) is 23.8. The maximum atomic E-state index is 14.1. The van der Waals surface area contributed by atoms with Gasteiger partial charge in [-0.25, -0.2) is 14.5 Å². The van der Waals surface area contributed by atoms with Gasteiger partial charge in [-0.1, -0.05) is 30.2 Å². The Morgan fingerprint density at radius 3 is 2.67 bits per heavy atom. The predicted octanol–water partition coefficient (Wildman–Crippen LogP) is 3.35. The molecule has 10 heteroatoms. The van der Waals surface area contributed by atoms with E-state index in [-0.39, 0.29) is 11.5 Å². The van der Waals surface area contributed by atoms with Crippen molar-refractivity contribution in [2.75, 3.05) is 0 Å². The lowest BCUT2D eigenvalue weighted by Crippen LogP contribution is -2.33. The maximum absolute atomic E-state index is 14.1. The quantitative estimate of drug-likeness (QED) is 0.348. The average Bonchev–Trinajstić information content (AvgIpc) is 3.59. The van der Waals surface area contributed by atoms with Crippen LogP contribution >= 0.6 is 0 Å². The molecule has 0 radical (unpaired) electrons. The summed E-state index contributed by atoms with van der Waals surface area (Å²) in [5, 5.41) is 14.5. The summed E-state index contributed by atoms with van der Waals surface area (Å²) < 4.78 is 3.09. The van der Waals surface area contributed by atoms with Gasteiger partial charge in [0.05, 0.1) is 28.3 Å². The molecule has 0 bridgehead atoms. The highest BCUT2D eigenvalue weighted by molar-refractivity contribution is 6.01. The van der Waals surface area contributed by atoms with Crippen LogP contribution in [0.25, 0.3) is 22.2 Å². The summed E-state index contributed by atoms with van der Waals surface area (Å²) in [6.45, 7) is 3.55. The Morgan fingerprint density at radius 1 is 1.03 bits per heavy atom. The highest BCUT2D eigenvalue weighted by Crippen LogP contribution is 2.21. The van der Waals surface area contributed by atoms with Crippen LogP contribution in [0, 0.1) is 18.8 Å². The second-order valence-corrected chi connectivity index (χ2v) is 8.91. The number of hydrogen-bond donors (Lipinski definition) is 2. The second kappa shape index (κ2) is 9.72. The van der Waals surface area contributed by atoms with Gasteiger partial charge in [0.25, 0.3) is 11.5 Å². The van der Waals surface area contributed by atoms with Crippen LogP contribution in [0.1, 0.15) is 46.1 Å². The summed E-state index contributed by atoms with van der Waals surface area (Å²) in [6.07, 6.45) is 4.96. The topological polar surface area (TPSA) is 123 Å². The third-order valence-electron chi connectivity index (χ3n) is 6.30. The molecular weight excluding hydrogens is 492 g/mol. The van der Waals surface area contributed by atoms with Gasteiger partial charge in [0.15, 0.2) is 5.65 Å². The van der Waals surface area contributed by atoms with E-state index in [2.05, 4.69) is 37.4 Å². The third-order valence-corrected chi connectivity index (χ3v) is 6.30. The Morgan fingerprint density at radius 2 is 1.87 bits per heavy atom. The molecule has 39 heavy (non-hydrogen) atoms. The van der Waals surface area contributed by atoms with E-state index in [4.69, 9.17) is 4.98 Å². The number of rotatable bonds is 4. The van der Waals surface area contributed by atoms with E-state index in [0.29, 0.717) is 50.6 Å². The van der Waals surface area contributed by atoms with Crippen molar-refractivity contribution in [2.45, 2.75) is 19.9 Å². The molecule has 0 saturated heterocycles. The normalized spacial score (nSPS) is 11.7. The van der Waals surface area contributed by atoms with Crippen molar-refractivity contribution in [3.05, 3.63) is 118 Å². The third kappa shape index (κ3) is 4.32. The number of carbonyl (C=O) groups excluding carboxylic acids is 1. The first-order chi connectivity index (χ1) is 19.0. The molecule has 0 unspecified atom stereocenters. The standard InChI is InChI=1S/C29H22N8O2/c1-18-24(27-30-15-7-17-36(27)35-18)28(38)32-19(2)26-33-23-11-6-8-20(12-13-21-14-16-31-34-21)25(23)29(39)37(26)22-9-4-3-5-10-22/h3-11,14-17,19H,1-2H3,(H,31,34)(H,32,38)/t19-/m1/s1. The van der Waals surface area contributed by atoms with Gasteiger partial charge in [0, 0.05) is 24.2 Å². The minimum atomic E-state index is -0.632. The zero-order valence-electron chi connectivity index (χ0n) is 21.1. The lowest BCUT2D eigenvalue weighted by atomic mass is 10.1. The Hall–Kier alpha value is -5.56. The van der Waals surface area contributed by atoms with Crippen LogP contribution in [-0.2, 0) is 0 Å². The van der Waals surface area contributed by atoms with E-state index in [1.54, 1.807) is 67.3 Å². The van der Waals surface area contributed by atoms with Gasteiger partial charge in [-0.3, -0.25) is 19.3 Å². The molecule has 1 atom stereocenters. The van der Waals surface area contributed by atoms with Gasteiger partial charge in [-0.05, 0) is 56.2 Å². The van der Waals surface area contributed by atoms with E-state index in [0.717, 1.165) is 0 Å². The fourth-order valence-corrected chi connectivity index (χ4v) is 4.52. The molecule has 190 valence electrons. The van der Waals surface area contributed by atoms with Crippen LogP contribution in [0.4, 0.5) is 0 Å². The van der Waals surface area contributed by atoms with Crippen LogP contribution in [0.5, 0.6) is 0 Å². The molecule has 0 aliphatic rings. The van der Waals surface area contributed by atoms with E-state index in [1.807, 2.05) is 30.3 Å². The Bertz CT molecular complexity index is 1960. The number of benzene rings is 2. The number of aromatic nitrogens is 7. The van der Waals surface area contributed by atoms with Crippen molar-refractivity contribution in [1.29, 1.82) is 0 Å². The number of amides is 1. The lowest BCUT2D eigenvalue weighted by Gasteiger charge is -2.20. The van der Waals surface area contributed by atoms with Crippen molar-refractivity contribution >= 4 is 22.5 Å². The molecule has 0 saturated carbocycles. The fourth-order valence-electron chi connectivity index (χ4n) is 4.52. The highest BCUT2D eigenvalue weighted by Gasteiger charge is 2.24. The molecule has 2 N–H and O–H groups in total. The molecule has 6 aromatic rings. The molecule has 2 aromatic carbocycles. The van der Waals surface area contributed by atoms with Crippen molar-refractivity contribution in [2.24, 2.45) is 0 Å². The van der Waals surface area contributed by atoms with E-state index in [9.17, 15) is 9.59 Å². The molecule has 6 rings (SSSR count). The minimum Gasteiger partial charge on any atom is -0.342 e. The Balaban J connectivity index is 1.48. The van der Waals surface area contributed by atoms with Gasteiger partial charge in [-0.2, -0.15) is 10.2 Å². The summed E-state index contributed by atoms with van der Waals surface area (Å²) in [5.41, 5.74) is 3.36. The number of nitrogens with one attached hydrogen (secondary N) is 2. The predicted molar refractivity (Wildman–Crippen MR) is 146 cm³/mol. The van der Waals surface area contributed by atoms with E-state index < -0.39 is 6.04 Å². The number of para-hydroxylation sites is 1. The number of hydrogen-bond acceptors (Lipinski definition) is 6. The largest absolute Gasteiger partial charge is 0.342 e. The van der Waals surface area contributed by atoms with Gasteiger partial charge < -0.3 is 5.32 Å². The van der Waals surface area contributed by atoms with E-state index in [1.165, 1.54) is 4.57 Å². The first-order valence-corrected chi connectivity index (χ1v) is 12.2. The summed E-state index contributed by atoms with van der Waals surface area (Å²) in [5.74, 6) is 6.10. The van der Waals surface area contributed by atoms with Crippen molar-refractivity contribution in [3.63, 3.8) is 0 Å². The van der Waals surface area contributed by atoms with Gasteiger partial charge in [0.1, 0.15) is 17.1 Å². The zero-order valence-corrected chi connectivity index (χ0v) is 21.1. The Labute approximate surface area is 222 Å². The SMILES string of the molecule is Cc1nn2cccnc2c1C(=O)N[C@H](C)c1nc2cccc(C#Cc3ccn[nH]3)c2c(=O)n1-c1ccccc1. The second-order valence-electron chi connectivity index (χ2n) is 8.91. The molecule has 4 heterocycles. The zero-order chi connectivity index (χ0) is 26.9. The van der Waals surface area contributed by atoms with Crippen molar-refractivity contribution in [3.8, 4) is 17.5 Å². The van der Waals surface area contributed by atoms with Crippen molar-refractivity contribution in [1.82, 2.24) is 39.7 Å².